The number of hydrogen-bond donors (Lipinski definition) is 0. The number of hydrogen-bond acceptors (Lipinski definition) is 5. The molecule has 2 rings (SSSR count). The lowest BCUT2D eigenvalue weighted by Crippen LogP contribution is -2.03. The van der Waals surface area contributed by atoms with Gasteiger partial charge in [0.25, 0.3) is 0 Å². The summed E-state index contributed by atoms with van der Waals surface area (Å²) in [6.45, 7) is 2.54. The average Bonchev–Trinajstić information content (AvgIpc) is 2.44. The number of para-hydroxylation sites is 1. The molecule has 0 radical (unpaired) electrons. The van der Waals surface area contributed by atoms with E-state index >= 15 is 0 Å². The second-order valence-corrected chi connectivity index (χ2v) is 4.10. The normalized spacial score (nSPS) is 10.3. The maximum Gasteiger partial charge on any atom is 0.321 e. The molecule has 100 valence electrons. The molecule has 0 saturated heterocycles. The summed E-state index contributed by atoms with van der Waals surface area (Å²) in [6, 6.07) is 7.66. The van der Waals surface area contributed by atoms with Gasteiger partial charge in [0.05, 0.1) is 19.3 Å². The predicted octanol–water partition coefficient (Wildman–Crippen LogP) is 2.99. The highest BCUT2D eigenvalue weighted by Gasteiger charge is 2.12. The maximum absolute atomic E-state index is 5.89. The van der Waals surface area contributed by atoms with E-state index in [1.807, 2.05) is 31.2 Å². The Morgan fingerprint density at radius 1 is 1.16 bits per heavy atom. The van der Waals surface area contributed by atoms with Crippen LogP contribution in [0.2, 0.25) is 5.28 Å². The molecule has 6 heteroatoms. The highest BCUT2D eigenvalue weighted by atomic mass is 35.5. The lowest BCUT2D eigenvalue weighted by molar-refractivity contribution is 0.291. The molecule has 0 saturated carbocycles. The van der Waals surface area contributed by atoms with Crippen LogP contribution >= 0.6 is 11.6 Å². The first-order chi connectivity index (χ1) is 9.24. The van der Waals surface area contributed by atoms with E-state index in [9.17, 15) is 0 Å². The summed E-state index contributed by atoms with van der Waals surface area (Å²) in [6.07, 6.45) is 0.868. The van der Waals surface area contributed by atoms with E-state index in [4.69, 9.17) is 21.1 Å². The highest BCUT2D eigenvalue weighted by Crippen LogP contribution is 2.28. The summed E-state index contributed by atoms with van der Waals surface area (Å²) < 4.78 is 10.7. The SMILES string of the molecule is CCCOc1nc(Cl)nc(-c2ccccc2OC)n1. The largest absolute Gasteiger partial charge is 0.496 e. The minimum Gasteiger partial charge on any atom is -0.496 e. The zero-order chi connectivity index (χ0) is 13.7. The van der Waals surface area contributed by atoms with E-state index in [2.05, 4.69) is 15.0 Å². The van der Waals surface area contributed by atoms with Crippen molar-refractivity contribution in [3.8, 4) is 23.1 Å². The topological polar surface area (TPSA) is 57.1 Å². The fourth-order valence-corrected chi connectivity index (χ4v) is 1.69. The van der Waals surface area contributed by atoms with Crippen LogP contribution in [-0.4, -0.2) is 28.7 Å². The van der Waals surface area contributed by atoms with Crippen molar-refractivity contribution < 1.29 is 9.47 Å². The molecule has 0 fully saturated rings. The van der Waals surface area contributed by atoms with Crippen LogP contribution in [0.3, 0.4) is 0 Å². The molecule has 0 aliphatic rings. The summed E-state index contributed by atoms with van der Waals surface area (Å²) in [5.41, 5.74) is 0.746. The molecule has 0 unspecified atom stereocenters. The summed E-state index contributed by atoms with van der Waals surface area (Å²) in [5, 5.41) is 0.0991. The van der Waals surface area contributed by atoms with E-state index in [0.29, 0.717) is 18.2 Å². The van der Waals surface area contributed by atoms with Crippen molar-refractivity contribution in [1.82, 2.24) is 15.0 Å². The molecule has 1 aromatic carbocycles. The number of benzene rings is 1. The Morgan fingerprint density at radius 2 is 1.95 bits per heavy atom. The van der Waals surface area contributed by atoms with Crippen LogP contribution in [0.4, 0.5) is 0 Å². The Bertz CT molecular complexity index is 563. The molecule has 0 aliphatic carbocycles. The lowest BCUT2D eigenvalue weighted by atomic mass is 10.2. The van der Waals surface area contributed by atoms with Crippen LogP contribution in [0.25, 0.3) is 11.4 Å². The van der Waals surface area contributed by atoms with Gasteiger partial charge in [-0.15, -0.1) is 0 Å². The van der Waals surface area contributed by atoms with Crippen molar-refractivity contribution in [1.29, 1.82) is 0 Å². The predicted molar refractivity (Wildman–Crippen MR) is 72.6 cm³/mol. The molecular formula is C13H14ClN3O2. The summed E-state index contributed by atoms with van der Waals surface area (Å²) in [4.78, 5) is 12.3. The van der Waals surface area contributed by atoms with Gasteiger partial charge in [-0.1, -0.05) is 19.1 Å². The Balaban J connectivity index is 2.41. The number of methoxy groups -OCH3 is 1. The average molecular weight is 280 g/mol. The van der Waals surface area contributed by atoms with Crippen molar-refractivity contribution in [2.75, 3.05) is 13.7 Å². The van der Waals surface area contributed by atoms with Crippen molar-refractivity contribution >= 4 is 11.6 Å². The van der Waals surface area contributed by atoms with Crippen LogP contribution in [-0.2, 0) is 0 Å². The molecule has 1 aromatic heterocycles. The molecule has 0 aliphatic heterocycles. The van der Waals surface area contributed by atoms with Gasteiger partial charge in [0, 0.05) is 0 Å². The fourth-order valence-electron chi connectivity index (χ4n) is 1.54. The fraction of sp³-hybridized carbons (Fsp3) is 0.308. The van der Waals surface area contributed by atoms with E-state index < -0.39 is 0 Å². The van der Waals surface area contributed by atoms with E-state index in [-0.39, 0.29) is 11.3 Å². The molecule has 0 N–H and O–H groups in total. The van der Waals surface area contributed by atoms with Gasteiger partial charge in [0.15, 0.2) is 5.82 Å². The first kappa shape index (κ1) is 13.5. The smallest absolute Gasteiger partial charge is 0.321 e. The third-order valence-corrected chi connectivity index (χ3v) is 2.54. The van der Waals surface area contributed by atoms with Gasteiger partial charge in [-0.25, -0.2) is 0 Å². The molecule has 0 amide bonds. The molecule has 1 heterocycles. The van der Waals surface area contributed by atoms with Gasteiger partial charge in [-0.2, -0.15) is 15.0 Å². The van der Waals surface area contributed by atoms with Gasteiger partial charge in [-0.05, 0) is 30.2 Å². The van der Waals surface area contributed by atoms with Gasteiger partial charge in [0.2, 0.25) is 5.28 Å². The summed E-state index contributed by atoms with van der Waals surface area (Å²) >= 11 is 5.89. The number of rotatable bonds is 5. The molecule has 0 bridgehead atoms. The first-order valence-electron chi connectivity index (χ1n) is 5.92. The molecular weight excluding hydrogens is 266 g/mol. The van der Waals surface area contributed by atoms with Crippen LogP contribution in [0, 0.1) is 0 Å². The maximum atomic E-state index is 5.89. The Hall–Kier alpha value is -1.88. The van der Waals surface area contributed by atoms with Crippen LogP contribution in [0.1, 0.15) is 13.3 Å². The number of ether oxygens (including phenoxy) is 2. The summed E-state index contributed by atoms with van der Waals surface area (Å²) in [7, 11) is 1.59. The highest BCUT2D eigenvalue weighted by molar-refractivity contribution is 6.28. The van der Waals surface area contributed by atoms with Crippen LogP contribution in [0.5, 0.6) is 11.8 Å². The zero-order valence-electron chi connectivity index (χ0n) is 10.8. The Labute approximate surface area is 116 Å². The van der Waals surface area contributed by atoms with Crippen LogP contribution < -0.4 is 9.47 Å². The van der Waals surface area contributed by atoms with Gasteiger partial charge in [-0.3, -0.25) is 0 Å². The number of halogens is 1. The lowest BCUT2D eigenvalue weighted by Gasteiger charge is -2.08. The molecule has 2 aromatic rings. The summed E-state index contributed by atoms with van der Waals surface area (Å²) in [5.74, 6) is 1.11. The van der Waals surface area contributed by atoms with Gasteiger partial charge < -0.3 is 9.47 Å². The monoisotopic (exact) mass is 279 g/mol. The Kier molecular flexibility index (Phi) is 4.52. The second kappa shape index (κ2) is 6.33. The second-order valence-electron chi connectivity index (χ2n) is 3.76. The quantitative estimate of drug-likeness (QED) is 0.842. The molecule has 0 spiro atoms. The third kappa shape index (κ3) is 3.32. The number of nitrogens with zero attached hydrogens (tertiary/aromatic N) is 3. The number of aromatic nitrogens is 3. The standard InChI is InChI=1S/C13H14ClN3O2/c1-3-8-19-13-16-11(15-12(14)17-13)9-6-4-5-7-10(9)18-2/h4-7H,3,8H2,1-2H3. The van der Waals surface area contributed by atoms with Crippen molar-refractivity contribution in [3.05, 3.63) is 29.5 Å². The van der Waals surface area contributed by atoms with Crippen molar-refractivity contribution in [2.24, 2.45) is 0 Å². The Morgan fingerprint density at radius 3 is 2.68 bits per heavy atom. The third-order valence-electron chi connectivity index (χ3n) is 2.37. The molecule has 5 nitrogen and oxygen atoms in total. The first-order valence-corrected chi connectivity index (χ1v) is 6.30. The van der Waals surface area contributed by atoms with E-state index in [1.54, 1.807) is 7.11 Å². The van der Waals surface area contributed by atoms with E-state index in [0.717, 1.165) is 12.0 Å². The minimum absolute atomic E-state index is 0.0991. The van der Waals surface area contributed by atoms with Crippen molar-refractivity contribution in [3.63, 3.8) is 0 Å². The van der Waals surface area contributed by atoms with Gasteiger partial charge >= 0.3 is 6.01 Å². The van der Waals surface area contributed by atoms with Crippen molar-refractivity contribution in [2.45, 2.75) is 13.3 Å². The van der Waals surface area contributed by atoms with Gasteiger partial charge in [0.1, 0.15) is 5.75 Å². The molecule has 19 heavy (non-hydrogen) atoms. The van der Waals surface area contributed by atoms with Crippen LogP contribution in [0.15, 0.2) is 24.3 Å². The minimum atomic E-state index is 0.0991. The molecule has 0 atom stereocenters. The van der Waals surface area contributed by atoms with E-state index in [1.165, 1.54) is 0 Å². The zero-order valence-corrected chi connectivity index (χ0v) is 11.5.